The molecule has 0 fully saturated rings. The number of nitrogens with one attached hydrogen (secondary N) is 1. The third-order valence-corrected chi connectivity index (χ3v) is 3.39. The first kappa shape index (κ1) is 14.0. The second kappa shape index (κ2) is 7.32. The van der Waals surface area contributed by atoms with E-state index in [1.54, 1.807) is 23.3 Å². The molecule has 0 amide bonds. The van der Waals surface area contributed by atoms with Crippen molar-refractivity contribution in [3.63, 3.8) is 0 Å². The number of unbranched alkanes of at least 4 members (excludes halogenated alkanes) is 1. The third kappa shape index (κ3) is 4.77. The highest BCUT2D eigenvalue weighted by Gasteiger charge is 2.07. The van der Waals surface area contributed by atoms with Crippen LogP contribution in [0.15, 0.2) is 9.95 Å². The van der Waals surface area contributed by atoms with Gasteiger partial charge in [-0.15, -0.1) is 5.10 Å². The number of H-pyrrole nitrogens is 1. The number of Topliss-reactive ketones (excluding diaryl/α,β-unsaturated/α-hetero) is 1. The maximum absolute atomic E-state index is 11.4. The zero-order chi connectivity index (χ0) is 12.7. The fraction of sp³-hybridized carbons (Fsp3) is 0.727. The number of nitrogens with zero attached hydrogens (tertiary/aromatic N) is 2. The predicted molar refractivity (Wildman–Crippen MR) is 68.4 cm³/mol. The Kier molecular flexibility index (Phi) is 6.04. The minimum Gasteiger partial charge on any atom is -0.300 e. The molecule has 0 atom stereocenters. The van der Waals surface area contributed by atoms with Crippen molar-refractivity contribution in [2.24, 2.45) is 0 Å². The van der Waals surface area contributed by atoms with E-state index in [0.717, 1.165) is 30.2 Å². The zero-order valence-electron chi connectivity index (χ0n) is 10.4. The molecule has 0 aliphatic heterocycles. The van der Waals surface area contributed by atoms with Crippen molar-refractivity contribution in [1.29, 1.82) is 0 Å². The molecular weight excluding hydrogens is 238 g/mol. The van der Waals surface area contributed by atoms with Gasteiger partial charge in [0.15, 0.2) is 5.16 Å². The van der Waals surface area contributed by atoms with Gasteiger partial charge in [-0.3, -0.25) is 4.57 Å². The van der Waals surface area contributed by atoms with E-state index >= 15 is 0 Å². The summed E-state index contributed by atoms with van der Waals surface area (Å²) in [5, 5.41) is 7.20. The largest absolute Gasteiger partial charge is 0.343 e. The summed E-state index contributed by atoms with van der Waals surface area (Å²) in [5.41, 5.74) is -0.141. The van der Waals surface area contributed by atoms with Crippen LogP contribution in [0, 0.1) is 0 Å². The lowest BCUT2D eigenvalue weighted by Crippen LogP contribution is -2.17. The zero-order valence-corrected chi connectivity index (χ0v) is 11.2. The van der Waals surface area contributed by atoms with Gasteiger partial charge in [0, 0.05) is 18.7 Å². The van der Waals surface area contributed by atoms with Crippen molar-refractivity contribution in [2.45, 2.75) is 51.2 Å². The van der Waals surface area contributed by atoms with Gasteiger partial charge in [-0.2, -0.15) is 0 Å². The number of hydrogen-bond donors (Lipinski definition) is 1. The number of thioether (sulfide) groups is 1. The van der Waals surface area contributed by atoms with Gasteiger partial charge in [-0.05, 0) is 26.2 Å². The summed E-state index contributed by atoms with van der Waals surface area (Å²) in [4.78, 5) is 22.1. The minimum absolute atomic E-state index is 0.141. The average molecular weight is 257 g/mol. The Bertz CT molecular complexity index is 411. The molecule has 0 radical (unpaired) electrons. The summed E-state index contributed by atoms with van der Waals surface area (Å²) in [6.07, 6.45) is 3.43. The van der Waals surface area contributed by atoms with E-state index in [0.29, 0.717) is 13.0 Å². The van der Waals surface area contributed by atoms with Crippen molar-refractivity contribution < 1.29 is 4.79 Å². The molecule has 1 rings (SSSR count). The highest BCUT2D eigenvalue weighted by atomic mass is 32.2. The van der Waals surface area contributed by atoms with Gasteiger partial charge in [0.2, 0.25) is 0 Å². The van der Waals surface area contributed by atoms with E-state index in [-0.39, 0.29) is 11.5 Å². The van der Waals surface area contributed by atoms with E-state index in [2.05, 4.69) is 10.2 Å². The lowest BCUT2D eigenvalue weighted by molar-refractivity contribution is -0.117. The average Bonchev–Trinajstić information content (AvgIpc) is 2.61. The quantitative estimate of drug-likeness (QED) is 0.570. The maximum atomic E-state index is 11.4. The molecule has 1 aromatic rings. The SMILES string of the molecule is CCCn1c(SCCCCC(C)=O)n[nH]c1=O. The molecule has 0 saturated heterocycles. The molecule has 0 spiro atoms. The lowest BCUT2D eigenvalue weighted by atomic mass is 10.2. The smallest absolute Gasteiger partial charge is 0.300 e. The number of aromatic nitrogens is 3. The van der Waals surface area contributed by atoms with Crippen LogP contribution in [-0.2, 0) is 11.3 Å². The number of hydrogen-bond acceptors (Lipinski definition) is 4. The first-order valence-electron chi connectivity index (χ1n) is 5.92. The molecule has 1 heterocycles. The Morgan fingerprint density at radius 3 is 2.88 bits per heavy atom. The van der Waals surface area contributed by atoms with Crippen LogP contribution in [0.4, 0.5) is 0 Å². The molecule has 0 saturated carbocycles. The Labute approximate surface area is 105 Å². The van der Waals surface area contributed by atoms with E-state index in [1.165, 1.54) is 0 Å². The van der Waals surface area contributed by atoms with Gasteiger partial charge in [0.05, 0.1) is 0 Å². The van der Waals surface area contributed by atoms with Crippen molar-refractivity contribution in [3.05, 3.63) is 10.5 Å². The van der Waals surface area contributed by atoms with E-state index in [1.807, 2.05) is 6.92 Å². The van der Waals surface area contributed by atoms with Crippen LogP contribution in [0.5, 0.6) is 0 Å². The summed E-state index contributed by atoms with van der Waals surface area (Å²) < 4.78 is 1.66. The second-order valence-corrected chi connectivity index (χ2v) is 5.03. The Hall–Kier alpha value is -1.04. The third-order valence-electron chi connectivity index (χ3n) is 2.32. The van der Waals surface area contributed by atoms with Crippen molar-refractivity contribution >= 4 is 17.5 Å². The van der Waals surface area contributed by atoms with Gasteiger partial charge in [0.25, 0.3) is 0 Å². The number of rotatable bonds is 8. The fourth-order valence-electron chi connectivity index (χ4n) is 1.47. The van der Waals surface area contributed by atoms with Gasteiger partial charge in [-0.25, -0.2) is 9.89 Å². The summed E-state index contributed by atoms with van der Waals surface area (Å²) in [7, 11) is 0. The Morgan fingerprint density at radius 2 is 2.24 bits per heavy atom. The maximum Gasteiger partial charge on any atom is 0.343 e. The molecule has 6 heteroatoms. The molecule has 96 valence electrons. The molecule has 0 aliphatic rings. The lowest BCUT2D eigenvalue weighted by Gasteiger charge is -2.02. The van der Waals surface area contributed by atoms with Crippen LogP contribution in [0.25, 0.3) is 0 Å². The molecule has 0 unspecified atom stereocenters. The molecule has 0 aliphatic carbocycles. The summed E-state index contributed by atoms with van der Waals surface area (Å²) >= 11 is 1.57. The molecule has 5 nitrogen and oxygen atoms in total. The van der Waals surface area contributed by atoms with Crippen molar-refractivity contribution in [3.8, 4) is 0 Å². The van der Waals surface area contributed by atoms with E-state index in [9.17, 15) is 9.59 Å². The monoisotopic (exact) mass is 257 g/mol. The normalized spacial score (nSPS) is 10.7. The van der Waals surface area contributed by atoms with Crippen LogP contribution in [-0.4, -0.2) is 26.3 Å². The van der Waals surface area contributed by atoms with E-state index < -0.39 is 0 Å². The second-order valence-electron chi connectivity index (χ2n) is 3.97. The van der Waals surface area contributed by atoms with Crippen molar-refractivity contribution in [2.75, 3.05) is 5.75 Å². The summed E-state index contributed by atoms with van der Waals surface area (Å²) in [5.74, 6) is 1.12. The van der Waals surface area contributed by atoms with Crippen LogP contribution in [0.1, 0.15) is 39.5 Å². The first-order valence-corrected chi connectivity index (χ1v) is 6.91. The van der Waals surface area contributed by atoms with Crippen LogP contribution in [0.3, 0.4) is 0 Å². The summed E-state index contributed by atoms with van der Waals surface area (Å²) in [6.45, 7) is 4.34. The van der Waals surface area contributed by atoms with Gasteiger partial charge >= 0.3 is 5.69 Å². The van der Waals surface area contributed by atoms with Crippen molar-refractivity contribution in [1.82, 2.24) is 14.8 Å². The van der Waals surface area contributed by atoms with Crippen LogP contribution >= 0.6 is 11.8 Å². The van der Waals surface area contributed by atoms with Crippen LogP contribution < -0.4 is 5.69 Å². The topological polar surface area (TPSA) is 67.8 Å². The molecular formula is C11H19N3O2S. The number of carbonyl (C=O) groups is 1. The number of carbonyl (C=O) groups excluding carboxylic acids is 1. The van der Waals surface area contributed by atoms with E-state index in [4.69, 9.17) is 0 Å². The molecule has 0 aromatic carbocycles. The fourth-order valence-corrected chi connectivity index (χ4v) is 2.44. The highest BCUT2D eigenvalue weighted by molar-refractivity contribution is 7.99. The first-order chi connectivity index (χ1) is 8.15. The van der Waals surface area contributed by atoms with Gasteiger partial charge in [-0.1, -0.05) is 18.7 Å². The summed E-state index contributed by atoms with van der Waals surface area (Å²) in [6, 6.07) is 0. The predicted octanol–water partition coefficient (Wildman–Crippen LogP) is 1.83. The van der Waals surface area contributed by atoms with Gasteiger partial charge < -0.3 is 4.79 Å². The number of aromatic amines is 1. The Balaban J connectivity index is 2.36. The molecule has 17 heavy (non-hydrogen) atoms. The molecule has 0 bridgehead atoms. The van der Waals surface area contributed by atoms with Crippen LogP contribution in [0.2, 0.25) is 0 Å². The minimum atomic E-state index is -0.141. The van der Waals surface area contributed by atoms with Gasteiger partial charge in [0.1, 0.15) is 5.78 Å². The highest BCUT2D eigenvalue weighted by Crippen LogP contribution is 2.15. The Morgan fingerprint density at radius 1 is 1.47 bits per heavy atom. The molecule has 1 aromatic heterocycles. The molecule has 1 N–H and O–H groups in total. The number of ketones is 1. The standard InChI is InChI=1S/C11H19N3O2S/c1-3-7-14-10(16)12-13-11(14)17-8-5-4-6-9(2)15/h3-8H2,1-2H3,(H,12,16).